The first-order valence-electron chi connectivity index (χ1n) is 8.61. The second-order valence-corrected chi connectivity index (χ2v) is 6.76. The van der Waals surface area contributed by atoms with Crippen LogP contribution in [-0.2, 0) is 4.74 Å². The zero-order chi connectivity index (χ0) is 17.8. The maximum Gasteiger partial charge on any atom is 0.254 e. The molecule has 0 saturated carbocycles. The van der Waals surface area contributed by atoms with Crippen LogP contribution >= 0.6 is 0 Å². The molecular formula is C19H24N4O2. The highest BCUT2D eigenvalue weighted by Crippen LogP contribution is 2.22. The summed E-state index contributed by atoms with van der Waals surface area (Å²) >= 11 is 0. The van der Waals surface area contributed by atoms with Crippen LogP contribution in [-0.4, -0.2) is 46.6 Å². The topological polar surface area (TPSA) is 81.3 Å². The van der Waals surface area contributed by atoms with Crippen LogP contribution in [0.15, 0.2) is 36.7 Å². The van der Waals surface area contributed by atoms with Crippen LogP contribution in [0.1, 0.15) is 30.6 Å². The first kappa shape index (κ1) is 17.4. The van der Waals surface area contributed by atoms with Gasteiger partial charge in [0.1, 0.15) is 0 Å². The van der Waals surface area contributed by atoms with Crippen LogP contribution in [0, 0.1) is 5.92 Å². The first-order chi connectivity index (χ1) is 12.0. The SMILES string of the molecule is CC(C)CC1COCCN1C(=O)c1ccc(-c2cnc(N)nc2)cc1. The third-order valence-corrected chi connectivity index (χ3v) is 4.37. The van der Waals surface area contributed by atoms with Gasteiger partial charge in [0.25, 0.3) is 5.91 Å². The molecule has 6 nitrogen and oxygen atoms in total. The number of aromatic nitrogens is 2. The summed E-state index contributed by atoms with van der Waals surface area (Å²) in [7, 11) is 0. The molecule has 0 spiro atoms. The Hall–Kier alpha value is -2.47. The van der Waals surface area contributed by atoms with Crippen LogP contribution in [0.25, 0.3) is 11.1 Å². The molecule has 1 aromatic carbocycles. The monoisotopic (exact) mass is 340 g/mol. The molecule has 2 heterocycles. The fourth-order valence-corrected chi connectivity index (χ4v) is 3.12. The fourth-order valence-electron chi connectivity index (χ4n) is 3.12. The lowest BCUT2D eigenvalue weighted by atomic mass is 10.0. The Balaban J connectivity index is 1.76. The Labute approximate surface area is 148 Å². The molecule has 2 aromatic rings. The van der Waals surface area contributed by atoms with Crippen molar-refractivity contribution in [3.63, 3.8) is 0 Å². The molecule has 1 atom stereocenters. The number of hydrogen-bond donors (Lipinski definition) is 1. The summed E-state index contributed by atoms with van der Waals surface area (Å²) in [4.78, 5) is 22.9. The quantitative estimate of drug-likeness (QED) is 0.925. The van der Waals surface area contributed by atoms with Gasteiger partial charge < -0.3 is 15.4 Å². The highest BCUT2D eigenvalue weighted by Gasteiger charge is 2.28. The maximum absolute atomic E-state index is 12.9. The number of nitrogens with two attached hydrogens (primary N) is 1. The minimum absolute atomic E-state index is 0.0639. The Morgan fingerprint density at radius 1 is 1.24 bits per heavy atom. The summed E-state index contributed by atoms with van der Waals surface area (Å²) in [5, 5.41) is 0. The minimum atomic E-state index is 0.0639. The number of anilines is 1. The molecule has 6 heteroatoms. The number of nitrogen functional groups attached to an aromatic ring is 1. The highest BCUT2D eigenvalue weighted by atomic mass is 16.5. The van der Waals surface area contributed by atoms with E-state index < -0.39 is 0 Å². The van der Waals surface area contributed by atoms with Crippen LogP contribution in [0.4, 0.5) is 5.95 Å². The molecule has 1 fully saturated rings. The Morgan fingerprint density at radius 2 is 1.92 bits per heavy atom. The summed E-state index contributed by atoms with van der Waals surface area (Å²) in [6.07, 6.45) is 4.31. The molecule has 0 aliphatic carbocycles. The van der Waals surface area contributed by atoms with Crippen molar-refractivity contribution in [2.75, 3.05) is 25.5 Å². The number of morpholine rings is 1. The van der Waals surface area contributed by atoms with Gasteiger partial charge in [-0.05, 0) is 30.0 Å². The predicted octanol–water partition coefficient (Wildman–Crippen LogP) is 2.61. The van der Waals surface area contributed by atoms with Gasteiger partial charge in [-0.25, -0.2) is 9.97 Å². The number of nitrogens with zero attached hydrogens (tertiary/aromatic N) is 3. The van der Waals surface area contributed by atoms with E-state index in [2.05, 4.69) is 23.8 Å². The van der Waals surface area contributed by atoms with Crippen molar-refractivity contribution in [2.24, 2.45) is 5.92 Å². The number of carbonyl (C=O) groups excluding carboxylic acids is 1. The molecule has 1 amide bonds. The minimum Gasteiger partial charge on any atom is -0.377 e. The van der Waals surface area contributed by atoms with Gasteiger partial charge in [-0.15, -0.1) is 0 Å². The number of ether oxygens (including phenoxy) is 1. The molecular weight excluding hydrogens is 316 g/mol. The van der Waals surface area contributed by atoms with E-state index in [0.717, 1.165) is 17.5 Å². The summed E-state index contributed by atoms with van der Waals surface area (Å²) in [6.45, 7) is 6.19. The van der Waals surface area contributed by atoms with Gasteiger partial charge in [0.2, 0.25) is 5.95 Å². The third kappa shape index (κ3) is 4.14. The molecule has 25 heavy (non-hydrogen) atoms. The van der Waals surface area contributed by atoms with E-state index in [9.17, 15) is 4.79 Å². The van der Waals surface area contributed by atoms with Gasteiger partial charge >= 0.3 is 0 Å². The van der Waals surface area contributed by atoms with Crippen molar-refractivity contribution in [3.05, 3.63) is 42.2 Å². The molecule has 0 bridgehead atoms. The normalized spacial score (nSPS) is 17.7. The maximum atomic E-state index is 12.9. The number of amides is 1. The van der Waals surface area contributed by atoms with Gasteiger partial charge in [0.15, 0.2) is 0 Å². The second-order valence-electron chi connectivity index (χ2n) is 6.76. The lowest BCUT2D eigenvalue weighted by Gasteiger charge is -2.36. The van der Waals surface area contributed by atoms with Gasteiger partial charge in [-0.3, -0.25) is 4.79 Å². The average molecular weight is 340 g/mol. The number of carbonyl (C=O) groups is 1. The zero-order valence-corrected chi connectivity index (χ0v) is 14.7. The lowest BCUT2D eigenvalue weighted by molar-refractivity contribution is -0.00746. The zero-order valence-electron chi connectivity index (χ0n) is 14.7. The second kappa shape index (κ2) is 7.61. The largest absolute Gasteiger partial charge is 0.377 e. The Bertz CT molecular complexity index is 713. The predicted molar refractivity (Wildman–Crippen MR) is 97.0 cm³/mol. The van der Waals surface area contributed by atoms with Crippen molar-refractivity contribution in [2.45, 2.75) is 26.3 Å². The van der Waals surface area contributed by atoms with E-state index in [1.807, 2.05) is 29.2 Å². The van der Waals surface area contributed by atoms with Gasteiger partial charge in [-0.1, -0.05) is 26.0 Å². The van der Waals surface area contributed by atoms with Crippen LogP contribution in [0.3, 0.4) is 0 Å². The number of hydrogen-bond acceptors (Lipinski definition) is 5. The first-order valence-corrected chi connectivity index (χ1v) is 8.61. The van der Waals surface area contributed by atoms with E-state index in [4.69, 9.17) is 10.5 Å². The van der Waals surface area contributed by atoms with E-state index >= 15 is 0 Å². The van der Waals surface area contributed by atoms with Gasteiger partial charge in [-0.2, -0.15) is 0 Å². The lowest BCUT2D eigenvalue weighted by Crippen LogP contribution is -2.49. The van der Waals surface area contributed by atoms with Crippen LogP contribution in [0.5, 0.6) is 0 Å². The van der Waals surface area contributed by atoms with E-state index in [1.54, 1.807) is 12.4 Å². The van der Waals surface area contributed by atoms with E-state index in [-0.39, 0.29) is 17.9 Å². The Morgan fingerprint density at radius 3 is 2.56 bits per heavy atom. The van der Waals surface area contributed by atoms with Crippen molar-refractivity contribution in [1.29, 1.82) is 0 Å². The molecule has 3 rings (SSSR count). The number of benzene rings is 1. The molecule has 0 radical (unpaired) electrons. The smallest absolute Gasteiger partial charge is 0.254 e. The Kier molecular flexibility index (Phi) is 5.28. The third-order valence-electron chi connectivity index (χ3n) is 4.37. The van der Waals surface area contributed by atoms with Crippen LogP contribution in [0.2, 0.25) is 0 Å². The molecule has 1 saturated heterocycles. The van der Waals surface area contributed by atoms with Gasteiger partial charge in [0.05, 0.1) is 19.3 Å². The molecule has 1 aliphatic heterocycles. The average Bonchev–Trinajstić information content (AvgIpc) is 2.62. The van der Waals surface area contributed by atoms with Gasteiger partial charge in [0, 0.05) is 30.1 Å². The molecule has 1 aromatic heterocycles. The van der Waals surface area contributed by atoms with Crippen molar-refractivity contribution in [3.8, 4) is 11.1 Å². The fraction of sp³-hybridized carbons (Fsp3) is 0.421. The summed E-state index contributed by atoms with van der Waals surface area (Å²) in [5.41, 5.74) is 8.03. The molecule has 2 N–H and O–H groups in total. The molecule has 1 unspecified atom stereocenters. The standard InChI is InChI=1S/C19H24N4O2/c1-13(2)9-17-12-25-8-7-23(17)18(24)15-5-3-14(4-6-15)16-10-21-19(20)22-11-16/h3-6,10-11,13,17H,7-9,12H2,1-2H3,(H2,20,21,22). The highest BCUT2D eigenvalue weighted by molar-refractivity contribution is 5.95. The van der Waals surface area contributed by atoms with Crippen molar-refractivity contribution >= 4 is 11.9 Å². The van der Waals surface area contributed by atoms with Crippen molar-refractivity contribution in [1.82, 2.24) is 14.9 Å². The molecule has 132 valence electrons. The number of rotatable bonds is 4. The molecule has 1 aliphatic rings. The van der Waals surface area contributed by atoms with E-state index in [1.165, 1.54) is 0 Å². The summed E-state index contributed by atoms with van der Waals surface area (Å²) < 4.78 is 5.57. The van der Waals surface area contributed by atoms with E-state index in [0.29, 0.717) is 31.2 Å². The van der Waals surface area contributed by atoms with Crippen molar-refractivity contribution < 1.29 is 9.53 Å². The van der Waals surface area contributed by atoms with Crippen LogP contribution < -0.4 is 5.73 Å². The summed E-state index contributed by atoms with van der Waals surface area (Å²) in [6, 6.07) is 7.69. The summed E-state index contributed by atoms with van der Waals surface area (Å²) in [5.74, 6) is 0.836.